The van der Waals surface area contributed by atoms with Gasteiger partial charge in [0.25, 0.3) is 5.91 Å². The van der Waals surface area contributed by atoms with Gasteiger partial charge in [-0.3, -0.25) is 4.79 Å². The average molecular weight is 315 g/mol. The molecule has 2 rings (SSSR count). The van der Waals surface area contributed by atoms with E-state index in [-0.39, 0.29) is 17.8 Å². The molecule has 1 atom stereocenters. The molecule has 0 aliphatic carbocycles. The van der Waals surface area contributed by atoms with E-state index < -0.39 is 0 Å². The molecule has 0 spiro atoms. The highest BCUT2D eigenvalue weighted by atomic mass is 19.1. The van der Waals surface area contributed by atoms with Crippen molar-refractivity contribution in [2.75, 3.05) is 11.9 Å². The van der Waals surface area contributed by atoms with Crippen LogP contribution in [-0.4, -0.2) is 12.5 Å². The molecule has 0 saturated carbocycles. The summed E-state index contributed by atoms with van der Waals surface area (Å²) in [4.78, 5) is 12.1. The molecule has 4 heteroatoms. The molecule has 0 radical (unpaired) electrons. The second-order valence-corrected chi connectivity index (χ2v) is 6.18. The molecule has 0 unspecified atom stereocenters. The van der Waals surface area contributed by atoms with Crippen LogP contribution in [0.5, 0.6) is 0 Å². The van der Waals surface area contributed by atoms with Gasteiger partial charge >= 0.3 is 0 Å². The zero-order valence-corrected chi connectivity index (χ0v) is 13.8. The van der Waals surface area contributed by atoms with Gasteiger partial charge in [-0.1, -0.05) is 38.1 Å². The van der Waals surface area contributed by atoms with Gasteiger partial charge in [0.2, 0.25) is 0 Å². The number of carbonyl (C=O) groups excluding carboxylic acids is 1. The Morgan fingerprint density at radius 2 is 1.87 bits per heavy atom. The Hall–Kier alpha value is -2.20. The number of carbonyl (C=O) groups is 1. The van der Waals surface area contributed by atoms with E-state index in [1.807, 2.05) is 36.5 Å². The van der Waals surface area contributed by atoms with Gasteiger partial charge in [-0.25, -0.2) is 4.39 Å². The van der Waals surface area contributed by atoms with Crippen LogP contribution in [0.1, 0.15) is 31.0 Å². The SMILES string of the molecule is Cc1cccc(NC(=O)C[NH2+][C@H](c2ccc(F)cc2)C(C)C)c1. The van der Waals surface area contributed by atoms with Crippen molar-refractivity contribution in [2.24, 2.45) is 5.92 Å². The zero-order chi connectivity index (χ0) is 16.8. The molecule has 0 fully saturated rings. The first-order valence-electron chi connectivity index (χ1n) is 7.91. The predicted molar refractivity (Wildman–Crippen MR) is 90.6 cm³/mol. The van der Waals surface area contributed by atoms with Gasteiger partial charge in [0.05, 0.1) is 0 Å². The Labute approximate surface area is 136 Å². The molecule has 122 valence electrons. The summed E-state index contributed by atoms with van der Waals surface area (Å²) in [6.07, 6.45) is 0. The summed E-state index contributed by atoms with van der Waals surface area (Å²) >= 11 is 0. The topological polar surface area (TPSA) is 45.7 Å². The lowest BCUT2D eigenvalue weighted by Crippen LogP contribution is -2.88. The van der Waals surface area contributed by atoms with Crippen LogP contribution < -0.4 is 10.6 Å². The smallest absolute Gasteiger partial charge is 0.279 e. The van der Waals surface area contributed by atoms with E-state index in [0.29, 0.717) is 12.5 Å². The molecule has 2 aromatic rings. The summed E-state index contributed by atoms with van der Waals surface area (Å²) in [5, 5.41) is 4.91. The minimum absolute atomic E-state index is 0.0386. The van der Waals surface area contributed by atoms with E-state index in [0.717, 1.165) is 16.8 Å². The van der Waals surface area contributed by atoms with E-state index in [1.165, 1.54) is 12.1 Å². The van der Waals surface area contributed by atoms with Crippen molar-refractivity contribution in [3.05, 3.63) is 65.5 Å². The number of amides is 1. The van der Waals surface area contributed by atoms with E-state index >= 15 is 0 Å². The standard InChI is InChI=1S/C19H23FN2O/c1-13(2)19(15-7-9-16(20)10-8-15)21-12-18(23)22-17-6-4-5-14(3)11-17/h4-11,13,19,21H,12H2,1-3H3,(H,22,23)/p+1/t19-/m0/s1. The van der Waals surface area contributed by atoms with Crippen molar-refractivity contribution in [2.45, 2.75) is 26.8 Å². The Morgan fingerprint density at radius 1 is 1.17 bits per heavy atom. The summed E-state index contributed by atoms with van der Waals surface area (Å²) in [7, 11) is 0. The molecule has 2 aromatic carbocycles. The second kappa shape index (κ2) is 7.88. The van der Waals surface area contributed by atoms with Crippen molar-refractivity contribution < 1.29 is 14.5 Å². The molecule has 3 nitrogen and oxygen atoms in total. The van der Waals surface area contributed by atoms with Crippen LogP contribution in [0.2, 0.25) is 0 Å². The normalized spacial score (nSPS) is 12.2. The third-order valence-corrected chi connectivity index (χ3v) is 3.83. The highest BCUT2D eigenvalue weighted by Crippen LogP contribution is 2.17. The maximum Gasteiger partial charge on any atom is 0.279 e. The lowest BCUT2D eigenvalue weighted by Gasteiger charge is -2.19. The van der Waals surface area contributed by atoms with Crippen LogP contribution in [0.3, 0.4) is 0 Å². The van der Waals surface area contributed by atoms with E-state index in [1.54, 1.807) is 12.1 Å². The first-order chi connectivity index (χ1) is 11.0. The third-order valence-electron chi connectivity index (χ3n) is 3.83. The minimum atomic E-state index is -0.242. The summed E-state index contributed by atoms with van der Waals surface area (Å²) in [6.45, 7) is 6.52. The Morgan fingerprint density at radius 3 is 2.48 bits per heavy atom. The molecule has 0 heterocycles. The van der Waals surface area contributed by atoms with E-state index in [4.69, 9.17) is 0 Å². The number of nitrogens with one attached hydrogen (secondary N) is 1. The van der Waals surface area contributed by atoms with Crippen molar-refractivity contribution in [1.29, 1.82) is 0 Å². The molecule has 0 bridgehead atoms. The molecule has 3 N–H and O–H groups in total. The summed E-state index contributed by atoms with van der Waals surface area (Å²) in [5.41, 5.74) is 2.95. The minimum Gasteiger partial charge on any atom is -0.332 e. The molecule has 0 aliphatic rings. The maximum absolute atomic E-state index is 13.1. The molecular weight excluding hydrogens is 291 g/mol. The number of anilines is 1. The van der Waals surface area contributed by atoms with Crippen LogP contribution in [0.15, 0.2) is 48.5 Å². The summed E-state index contributed by atoms with van der Waals surface area (Å²) < 4.78 is 13.1. The van der Waals surface area contributed by atoms with Gasteiger partial charge in [-0.05, 0) is 36.8 Å². The van der Waals surface area contributed by atoms with Crippen LogP contribution in [0, 0.1) is 18.7 Å². The molecule has 1 amide bonds. The van der Waals surface area contributed by atoms with Gasteiger partial charge < -0.3 is 10.6 Å². The molecule has 0 saturated heterocycles. The van der Waals surface area contributed by atoms with Gasteiger partial charge in [0, 0.05) is 17.2 Å². The third kappa shape index (κ3) is 5.18. The van der Waals surface area contributed by atoms with Crippen molar-refractivity contribution in [3.8, 4) is 0 Å². The van der Waals surface area contributed by atoms with Gasteiger partial charge in [-0.2, -0.15) is 0 Å². The fourth-order valence-electron chi connectivity index (χ4n) is 2.65. The van der Waals surface area contributed by atoms with Gasteiger partial charge in [0.1, 0.15) is 11.9 Å². The number of benzene rings is 2. The molecule has 0 aromatic heterocycles. The zero-order valence-electron chi connectivity index (χ0n) is 13.8. The number of aryl methyl sites for hydroxylation is 1. The maximum atomic E-state index is 13.1. The first-order valence-corrected chi connectivity index (χ1v) is 7.91. The molecule has 23 heavy (non-hydrogen) atoms. The number of hydrogen-bond acceptors (Lipinski definition) is 1. The van der Waals surface area contributed by atoms with Crippen LogP contribution in [0.4, 0.5) is 10.1 Å². The van der Waals surface area contributed by atoms with Crippen molar-refractivity contribution in [1.82, 2.24) is 0 Å². The number of quaternary nitrogens is 1. The highest BCUT2D eigenvalue weighted by molar-refractivity contribution is 5.91. The number of hydrogen-bond donors (Lipinski definition) is 2. The average Bonchev–Trinajstić information content (AvgIpc) is 2.49. The van der Waals surface area contributed by atoms with Gasteiger partial charge in [-0.15, -0.1) is 0 Å². The Kier molecular flexibility index (Phi) is 5.88. The van der Waals surface area contributed by atoms with Crippen LogP contribution in [-0.2, 0) is 4.79 Å². The second-order valence-electron chi connectivity index (χ2n) is 6.18. The number of rotatable bonds is 6. The molecular formula is C19H24FN2O+. The fraction of sp³-hybridized carbons (Fsp3) is 0.316. The van der Waals surface area contributed by atoms with Gasteiger partial charge in [0.15, 0.2) is 6.54 Å². The lowest BCUT2D eigenvalue weighted by atomic mass is 9.96. The number of halogens is 1. The lowest BCUT2D eigenvalue weighted by molar-refractivity contribution is -0.692. The van der Waals surface area contributed by atoms with E-state index in [2.05, 4.69) is 19.2 Å². The number of nitrogens with two attached hydrogens (primary N) is 1. The first kappa shape index (κ1) is 17.2. The van der Waals surface area contributed by atoms with E-state index in [9.17, 15) is 9.18 Å². The van der Waals surface area contributed by atoms with Crippen LogP contribution >= 0.6 is 0 Å². The summed E-state index contributed by atoms with van der Waals surface area (Å²) in [6, 6.07) is 14.4. The fourth-order valence-corrected chi connectivity index (χ4v) is 2.65. The molecule has 0 aliphatic heterocycles. The predicted octanol–water partition coefficient (Wildman–Crippen LogP) is 3.03. The van der Waals surface area contributed by atoms with Crippen molar-refractivity contribution in [3.63, 3.8) is 0 Å². The Balaban J connectivity index is 1.96. The quantitative estimate of drug-likeness (QED) is 0.845. The van der Waals surface area contributed by atoms with Crippen LogP contribution in [0.25, 0.3) is 0 Å². The monoisotopic (exact) mass is 315 g/mol. The summed E-state index contributed by atoms with van der Waals surface area (Å²) in [5.74, 6) is 0.0593. The largest absolute Gasteiger partial charge is 0.332 e. The van der Waals surface area contributed by atoms with Crippen molar-refractivity contribution >= 4 is 11.6 Å². The highest BCUT2D eigenvalue weighted by Gasteiger charge is 2.20. The Bertz CT molecular complexity index is 653.